The van der Waals surface area contributed by atoms with Crippen molar-refractivity contribution in [2.24, 2.45) is 5.73 Å². The number of nitrogens with one attached hydrogen (secondary N) is 1. The Labute approximate surface area is 208 Å². The largest absolute Gasteiger partial charge is 0.446 e. The summed E-state index contributed by atoms with van der Waals surface area (Å²) in [6, 6.07) is 8.49. The molecule has 1 aromatic heterocycles. The summed E-state index contributed by atoms with van der Waals surface area (Å²) in [6.45, 7) is 9.08. The number of amides is 2. The van der Waals surface area contributed by atoms with Crippen molar-refractivity contribution in [2.45, 2.75) is 32.9 Å². The van der Waals surface area contributed by atoms with Crippen LogP contribution in [0.2, 0.25) is 0 Å². The van der Waals surface area contributed by atoms with E-state index < -0.39 is 34.8 Å². The fourth-order valence-corrected chi connectivity index (χ4v) is 4.02. The summed E-state index contributed by atoms with van der Waals surface area (Å²) in [5.41, 5.74) is 5.16. The van der Waals surface area contributed by atoms with Crippen LogP contribution < -0.4 is 11.1 Å². The molecule has 36 heavy (non-hydrogen) atoms. The first-order valence-electron chi connectivity index (χ1n) is 11.6. The summed E-state index contributed by atoms with van der Waals surface area (Å²) < 4.78 is 33.1. The van der Waals surface area contributed by atoms with Crippen LogP contribution in [0.25, 0.3) is 11.0 Å². The van der Waals surface area contributed by atoms with E-state index in [2.05, 4.69) is 15.1 Å². The molecule has 8 nitrogen and oxygen atoms in total. The van der Waals surface area contributed by atoms with Gasteiger partial charge in [0.15, 0.2) is 11.4 Å². The molecule has 0 saturated carbocycles. The SMILES string of the molecule is CCN(CCN(C)Cc1cccc(C(=O)Nc2c(C(N)=O)oc3c(F)cc(F)cc23)c1)CC(C)(C)O. The summed E-state index contributed by atoms with van der Waals surface area (Å²) in [4.78, 5) is 29.1. The molecule has 0 fully saturated rings. The molecule has 2 aromatic carbocycles. The van der Waals surface area contributed by atoms with E-state index in [-0.39, 0.29) is 16.7 Å². The van der Waals surface area contributed by atoms with Crippen molar-refractivity contribution in [2.75, 3.05) is 38.5 Å². The van der Waals surface area contributed by atoms with Gasteiger partial charge in [0.2, 0.25) is 5.76 Å². The Bertz CT molecular complexity index is 1250. The molecule has 194 valence electrons. The van der Waals surface area contributed by atoms with Gasteiger partial charge in [0.05, 0.1) is 11.0 Å². The summed E-state index contributed by atoms with van der Waals surface area (Å²) in [6.07, 6.45) is 0. The van der Waals surface area contributed by atoms with Gasteiger partial charge < -0.3 is 25.5 Å². The van der Waals surface area contributed by atoms with Crippen LogP contribution in [0.3, 0.4) is 0 Å². The Morgan fingerprint density at radius 2 is 1.89 bits per heavy atom. The predicted molar refractivity (Wildman–Crippen MR) is 134 cm³/mol. The van der Waals surface area contributed by atoms with Gasteiger partial charge >= 0.3 is 0 Å². The maximum atomic E-state index is 14.1. The Kier molecular flexibility index (Phi) is 8.44. The fraction of sp³-hybridized carbons (Fsp3) is 0.385. The molecule has 1 heterocycles. The molecule has 0 bridgehead atoms. The zero-order valence-electron chi connectivity index (χ0n) is 20.9. The molecule has 10 heteroatoms. The summed E-state index contributed by atoms with van der Waals surface area (Å²) in [5, 5.41) is 12.5. The summed E-state index contributed by atoms with van der Waals surface area (Å²) in [5.74, 6) is -3.98. The average molecular weight is 503 g/mol. The minimum atomic E-state index is -1.03. The molecule has 0 aliphatic rings. The minimum Gasteiger partial charge on any atom is -0.446 e. The molecule has 0 saturated heterocycles. The number of likely N-dealkylation sites (N-methyl/N-ethyl adjacent to an activating group) is 2. The van der Waals surface area contributed by atoms with Crippen molar-refractivity contribution in [1.29, 1.82) is 0 Å². The lowest BCUT2D eigenvalue weighted by molar-refractivity contribution is 0.0353. The number of hydrogen-bond acceptors (Lipinski definition) is 6. The number of fused-ring (bicyclic) bond motifs is 1. The van der Waals surface area contributed by atoms with E-state index in [0.717, 1.165) is 31.3 Å². The standard InChI is InChI=1S/C26H32F2N4O4/c1-5-32(15-26(2,3)35)10-9-31(4)14-16-7-6-8-17(11-16)25(34)30-21-19-12-18(27)13-20(28)22(19)36-23(21)24(29)33/h6-8,11-13,35H,5,9-10,14-15H2,1-4H3,(H2,29,33)(H,30,34). The number of anilines is 1. The third-order valence-corrected chi connectivity index (χ3v) is 5.67. The summed E-state index contributed by atoms with van der Waals surface area (Å²) >= 11 is 0. The van der Waals surface area contributed by atoms with Crippen LogP contribution in [0, 0.1) is 11.6 Å². The molecule has 4 N–H and O–H groups in total. The van der Waals surface area contributed by atoms with Crippen LogP contribution in [0.4, 0.5) is 14.5 Å². The van der Waals surface area contributed by atoms with Gasteiger partial charge in [-0.05, 0) is 51.2 Å². The molecule has 0 spiro atoms. The highest BCUT2D eigenvalue weighted by molar-refractivity contribution is 6.14. The minimum absolute atomic E-state index is 0.0999. The number of benzene rings is 2. The van der Waals surface area contributed by atoms with Gasteiger partial charge in [-0.3, -0.25) is 14.5 Å². The Morgan fingerprint density at radius 3 is 2.53 bits per heavy atom. The van der Waals surface area contributed by atoms with Crippen LogP contribution in [0.1, 0.15) is 47.2 Å². The van der Waals surface area contributed by atoms with E-state index in [9.17, 15) is 23.5 Å². The summed E-state index contributed by atoms with van der Waals surface area (Å²) in [7, 11) is 1.96. The predicted octanol–water partition coefficient (Wildman–Crippen LogP) is 3.59. The van der Waals surface area contributed by atoms with Crippen LogP contribution in [0.15, 0.2) is 40.8 Å². The second kappa shape index (κ2) is 11.2. The second-order valence-electron chi connectivity index (χ2n) is 9.51. The van der Waals surface area contributed by atoms with Gasteiger partial charge in [-0.25, -0.2) is 8.78 Å². The van der Waals surface area contributed by atoms with E-state index in [1.165, 1.54) is 0 Å². The molecule has 0 aliphatic heterocycles. The van der Waals surface area contributed by atoms with Crippen molar-refractivity contribution >= 4 is 28.5 Å². The first kappa shape index (κ1) is 27.3. The zero-order valence-corrected chi connectivity index (χ0v) is 20.9. The van der Waals surface area contributed by atoms with Crippen LogP contribution in [-0.2, 0) is 6.54 Å². The number of carbonyl (C=O) groups excluding carboxylic acids is 2. The monoisotopic (exact) mass is 502 g/mol. The van der Waals surface area contributed by atoms with E-state index >= 15 is 0 Å². The van der Waals surface area contributed by atoms with E-state index in [1.807, 2.05) is 20.0 Å². The molecular weight excluding hydrogens is 470 g/mol. The van der Waals surface area contributed by atoms with Crippen molar-refractivity contribution in [3.63, 3.8) is 0 Å². The third kappa shape index (κ3) is 6.87. The molecule has 0 atom stereocenters. The highest BCUT2D eigenvalue weighted by atomic mass is 19.1. The van der Waals surface area contributed by atoms with Gasteiger partial charge in [0.1, 0.15) is 11.5 Å². The topological polar surface area (TPSA) is 112 Å². The molecule has 0 aliphatic carbocycles. The molecule has 2 amide bonds. The first-order valence-corrected chi connectivity index (χ1v) is 11.6. The fourth-order valence-electron chi connectivity index (χ4n) is 4.02. The number of furan rings is 1. The first-order chi connectivity index (χ1) is 16.9. The number of carbonyl (C=O) groups is 2. The lowest BCUT2D eigenvalue weighted by Gasteiger charge is -2.29. The number of nitrogens with zero attached hydrogens (tertiary/aromatic N) is 2. The number of halogens is 2. The number of nitrogens with two attached hydrogens (primary N) is 1. The van der Waals surface area contributed by atoms with Crippen molar-refractivity contribution in [1.82, 2.24) is 9.80 Å². The van der Waals surface area contributed by atoms with Crippen LogP contribution in [0.5, 0.6) is 0 Å². The molecular formula is C26H32F2N4O4. The highest BCUT2D eigenvalue weighted by Crippen LogP contribution is 2.33. The van der Waals surface area contributed by atoms with Gasteiger partial charge in [0.25, 0.3) is 11.8 Å². The lowest BCUT2D eigenvalue weighted by atomic mass is 10.1. The maximum Gasteiger partial charge on any atom is 0.286 e. The van der Waals surface area contributed by atoms with Crippen molar-refractivity contribution in [3.05, 3.63) is 64.9 Å². The Morgan fingerprint density at radius 1 is 1.17 bits per heavy atom. The van der Waals surface area contributed by atoms with Crippen molar-refractivity contribution < 1.29 is 27.9 Å². The quantitative estimate of drug-likeness (QED) is 0.370. The van der Waals surface area contributed by atoms with E-state index in [4.69, 9.17) is 10.2 Å². The van der Waals surface area contributed by atoms with Gasteiger partial charge in [-0.2, -0.15) is 0 Å². The Hall–Kier alpha value is -3.34. The molecule has 0 radical (unpaired) electrons. The van der Waals surface area contributed by atoms with Crippen molar-refractivity contribution in [3.8, 4) is 0 Å². The normalized spacial score (nSPS) is 12.0. The third-order valence-electron chi connectivity index (χ3n) is 5.67. The Balaban J connectivity index is 1.73. The van der Waals surface area contributed by atoms with Crippen LogP contribution in [-0.4, -0.2) is 65.5 Å². The molecule has 3 aromatic rings. The number of primary amides is 1. The lowest BCUT2D eigenvalue weighted by Crippen LogP contribution is -2.41. The smallest absolute Gasteiger partial charge is 0.286 e. The second-order valence-corrected chi connectivity index (χ2v) is 9.51. The van der Waals surface area contributed by atoms with Gasteiger partial charge in [0, 0.05) is 37.8 Å². The van der Waals surface area contributed by atoms with Gasteiger partial charge in [-0.1, -0.05) is 19.1 Å². The molecule has 0 unspecified atom stereocenters. The zero-order chi connectivity index (χ0) is 26.6. The van der Waals surface area contributed by atoms with Crippen LogP contribution >= 0.6 is 0 Å². The van der Waals surface area contributed by atoms with Gasteiger partial charge in [-0.15, -0.1) is 0 Å². The van der Waals surface area contributed by atoms with E-state index in [1.54, 1.807) is 32.0 Å². The molecule has 3 rings (SSSR count). The number of hydrogen-bond donors (Lipinski definition) is 3. The van der Waals surface area contributed by atoms with E-state index in [0.29, 0.717) is 24.7 Å². The average Bonchev–Trinajstić information content (AvgIpc) is 3.14. The highest BCUT2D eigenvalue weighted by Gasteiger charge is 2.24. The number of rotatable bonds is 11. The number of aliphatic hydroxyl groups is 1. The maximum absolute atomic E-state index is 14.1.